The van der Waals surface area contributed by atoms with E-state index in [9.17, 15) is 26.4 Å². The van der Waals surface area contributed by atoms with Gasteiger partial charge in [-0.25, -0.2) is 8.42 Å². The molecule has 202 valence electrons. The maximum atomic E-state index is 13.0. The van der Waals surface area contributed by atoms with E-state index in [1.54, 1.807) is 24.3 Å². The fraction of sp³-hybridized carbons (Fsp3) is 0.222. The van der Waals surface area contributed by atoms with Crippen molar-refractivity contribution in [1.29, 1.82) is 0 Å². The van der Waals surface area contributed by atoms with Gasteiger partial charge < -0.3 is 9.32 Å². The van der Waals surface area contributed by atoms with Crippen molar-refractivity contribution in [2.45, 2.75) is 18.0 Å². The first-order chi connectivity index (χ1) is 18.5. The lowest BCUT2D eigenvalue weighted by atomic mass is 10.1. The van der Waals surface area contributed by atoms with Crippen LogP contribution in [0.1, 0.15) is 21.5 Å². The van der Waals surface area contributed by atoms with Crippen molar-refractivity contribution in [1.82, 2.24) is 19.4 Å². The van der Waals surface area contributed by atoms with Gasteiger partial charge in [-0.15, -0.1) is 10.2 Å². The maximum absolute atomic E-state index is 13.0. The molecule has 4 aromatic rings. The first-order valence-electron chi connectivity index (χ1n) is 12.0. The van der Waals surface area contributed by atoms with Gasteiger partial charge >= 0.3 is 6.18 Å². The monoisotopic (exact) mass is 556 g/mol. The molecule has 0 aliphatic carbocycles. The lowest BCUT2D eigenvalue weighted by molar-refractivity contribution is -0.137. The predicted octanol–water partition coefficient (Wildman–Crippen LogP) is 4.88. The molecule has 0 N–H and O–H groups in total. The Bertz CT molecular complexity index is 1590. The van der Waals surface area contributed by atoms with E-state index in [1.165, 1.54) is 4.90 Å². The molecule has 5 rings (SSSR count). The highest BCUT2D eigenvalue weighted by Gasteiger charge is 2.34. The van der Waals surface area contributed by atoms with Crippen LogP contribution in [0.4, 0.5) is 13.2 Å². The molecule has 0 bridgehead atoms. The highest BCUT2D eigenvalue weighted by molar-refractivity contribution is 7.89. The SMILES string of the molecule is Cc1ccc(-c2nnc(-c3ccc(C(=O)N4CCN(S(=O)(=O)c5cccc(C(F)(F)F)c5)CC4)cc3)o2)cc1. The van der Waals surface area contributed by atoms with Gasteiger partial charge in [-0.2, -0.15) is 17.5 Å². The van der Waals surface area contributed by atoms with E-state index in [0.717, 1.165) is 33.6 Å². The number of rotatable bonds is 5. The maximum Gasteiger partial charge on any atom is 0.416 e. The van der Waals surface area contributed by atoms with Gasteiger partial charge in [0.25, 0.3) is 5.91 Å². The molecule has 0 saturated carbocycles. The van der Waals surface area contributed by atoms with Gasteiger partial charge in [-0.05, 0) is 61.5 Å². The molecule has 1 aliphatic rings. The number of sulfonamides is 1. The van der Waals surface area contributed by atoms with E-state index in [1.807, 2.05) is 31.2 Å². The topological polar surface area (TPSA) is 96.6 Å². The van der Waals surface area contributed by atoms with Crippen LogP contribution in [0.5, 0.6) is 0 Å². The molecule has 0 atom stereocenters. The number of piperazine rings is 1. The van der Waals surface area contributed by atoms with Gasteiger partial charge in [-0.3, -0.25) is 4.79 Å². The van der Waals surface area contributed by atoms with Crippen LogP contribution >= 0.6 is 0 Å². The van der Waals surface area contributed by atoms with Crippen molar-refractivity contribution >= 4 is 15.9 Å². The van der Waals surface area contributed by atoms with Crippen LogP contribution in [-0.4, -0.2) is 59.9 Å². The molecule has 1 aromatic heterocycles. The molecule has 0 radical (unpaired) electrons. The van der Waals surface area contributed by atoms with Crippen LogP contribution in [-0.2, 0) is 16.2 Å². The van der Waals surface area contributed by atoms with Gasteiger partial charge in [0.2, 0.25) is 21.8 Å². The molecule has 1 fully saturated rings. The van der Waals surface area contributed by atoms with Crippen molar-refractivity contribution in [2.24, 2.45) is 0 Å². The summed E-state index contributed by atoms with van der Waals surface area (Å²) in [7, 11) is -4.14. The van der Waals surface area contributed by atoms with E-state index < -0.39 is 26.7 Å². The molecule has 8 nitrogen and oxygen atoms in total. The van der Waals surface area contributed by atoms with Gasteiger partial charge in [0, 0.05) is 42.9 Å². The van der Waals surface area contributed by atoms with Gasteiger partial charge in [0.15, 0.2) is 0 Å². The molecule has 12 heteroatoms. The number of amides is 1. The molecular formula is C27H23F3N4O4S. The zero-order chi connectivity index (χ0) is 27.8. The molecule has 3 aromatic carbocycles. The Morgan fingerprint density at radius 1 is 0.846 bits per heavy atom. The van der Waals surface area contributed by atoms with E-state index in [2.05, 4.69) is 10.2 Å². The number of hydrogen-bond donors (Lipinski definition) is 0. The molecule has 1 amide bonds. The van der Waals surface area contributed by atoms with Crippen LogP contribution in [0.15, 0.2) is 82.1 Å². The average molecular weight is 557 g/mol. The lowest BCUT2D eigenvalue weighted by Gasteiger charge is -2.34. The van der Waals surface area contributed by atoms with Crippen molar-refractivity contribution in [2.75, 3.05) is 26.2 Å². The normalized spacial score (nSPS) is 14.9. The zero-order valence-electron chi connectivity index (χ0n) is 20.7. The number of benzene rings is 3. The summed E-state index contributed by atoms with van der Waals surface area (Å²) in [6.45, 7) is 2.11. The van der Waals surface area contributed by atoms with Crippen molar-refractivity contribution in [3.8, 4) is 22.9 Å². The number of carbonyl (C=O) groups excluding carboxylic acids is 1. The van der Waals surface area contributed by atoms with E-state index >= 15 is 0 Å². The second kappa shape index (κ2) is 10.3. The number of nitrogens with zero attached hydrogens (tertiary/aromatic N) is 4. The summed E-state index contributed by atoms with van der Waals surface area (Å²) in [6.07, 6.45) is -4.65. The Morgan fingerprint density at radius 3 is 1.97 bits per heavy atom. The highest BCUT2D eigenvalue weighted by Crippen LogP contribution is 2.31. The van der Waals surface area contributed by atoms with Crippen LogP contribution in [0.2, 0.25) is 0 Å². The zero-order valence-corrected chi connectivity index (χ0v) is 21.5. The first kappa shape index (κ1) is 26.6. The Labute approximate surface area is 222 Å². The van der Waals surface area contributed by atoms with Crippen LogP contribution in [0.25, 0.3) is 22.9 Å². The third-order valence-electron chi connectivity index (χ3n) is 6.43. The predicted molar refractivity (Wildman–Crippen MR) is 136 cm³/mol. The molecule has 39 heavy (non-hydrogen) atoms. The second-order valence-corrected chi connectivity index (χ2v) is 11.0. The van der Waals surface area contributed by atoms with E-state index in [4.69, 9.17) is 4.42 Å². The van der Waals surface area contributed by atoms with Crippen LogP contribution in [0.3, 0.4) is 0 Å². The number of aryl methyl sites for hydroxylation is 1. The van der Waals surface area contributed by atoms with E-state index in [0.29, 0.717) is 29.0 Å². The fourth-order valence-corrected chi connectivity index (χ4v) is 5.67. The summed E-state index contributed by atoms with van der Waals surface area (Å²) in [6, 6.07) is 17.9. The molecule has 0 unspecified atom stereocenters. The minimum atomic E-state index is -4.65. The lowest BCUT2D eigenvalue weighted by Crippen LogP contribution is -2.50. The summed E-state index contributed by atoms with van der Waals surface area (Å²) in [5.41, 5.74) is 1.89. The molecule has 2 heterocycles. The van der Waals surface area contributed by atoms with Crippen LogP contribution < -0.4 is 0 Å². The molecular weight excluding hydrogens is 533 g/mol. The van der Waals surface area contributed by atoms with E-state index in [-0.39, 0.29) is 32.1 Å². The van der Waals surface area contributed by atoms with Gasteiger partial charge in [0.05, 0.1) is 10.5 Å². The summed E-state index contributed by atoms with van der Waals surface area (Å²) in [4.78, 5) is 14.1. The highest BCUT2D eigenvalue weighted by atomic mass is 32.2. The number of carbonyl (C=O) groups is 1. The minimum Gasteiger partial charge on any atom is -0.416 e. The summed E-state index contributed by atoms with van der Waals surface area (Å²) >= 11 is 0. The number of alkyl halides is 3. The largest absolute Gasteiger partial charge is 0.416 e. The fourth-order valence-electron chi connectivity index (χ4n) is 4.20. The summed E-state index contributed by atoms with van der Waals surface area (Å²) in [5.74, 6) is 0.393. The minimum absolute atomic E-state index is 0.0355. The summed E-state index contributed by atoms with van der Waals surface area (Å²) < 4.78 is 71.8. The quantitative estimate of drug-likeness (QED) is 0.348. The average Bonchev–Trinajstić information content (AvgIpc) is 3.43. The third kappa shape index (κ3) is 5.57. The second-order valence-electron chi connectivity index (χ2n) is 9.08. The molecule has 1 saturated heterocycles. The van der Waals surface area contributed by atoms with Gasteiger partial charge in [0.1, 0.15) is 0 Å². The standard InChI is InChI=1S/C27H23F3N4O4S/c1-18-5-7-19(8-6-18)24-31-32-25(38-24)20-9-11-21(12-10-20)26(35)33-13-15-34(16-14-33)39(36,37)23-4-2-3-22(17-23)27(28,29)30/h2-12,17H,13-16H2,1H3. The van der Waals surface area contributed by atoms with Gasteiger partial charge in [-0.1, -0.05) is 23.8 Å². The smallest absolute Gasteiger partial charge is 0.416 e. The Hall–Kier alpha value is -4.03. The Kier molecular flexibility index (Phi) is 7.00. The Morgan fingerprint density at radius 2 is 1.41 bits per heavy atom. The first-order valence-corrected chi connectivity index (χ1v) is 13.4. The van der Waals surface area contributed by atoms with Crippen molar-refractivity contribution < 1.29 is 30.8 Å². The van der Waals surface area contributed by atoms with Crippen molar-refractivity contribution in [3.05, 3.63) is 89.5 Å². The third-order valence-corrected chi connectivity index (χ3v) is 8.32. The number of aromatic nitrogens is 2. The van der Waals surface area contributed by atoms with Crippen LogP contribution in [0, 0.1) is 6.92 Å². The molecule has 0 spiro atoms. The summed E-state index contributed by atoms with van der Waals surface area (Å²) in [5, 5.41) is 8.18. The van der Waals surface area contributed by atoms with Crippen molar-refractivity contribution in [3.63, 3.8) is 0 Å². The molecule has 1 aliphatic heterocycles. The Balaban J connectivity index is 1.23. The number of hydrogen-bond acceptors (Lipinski definition) is 6. The number of halogens is 3.